The molecule has 17 heteroatoms. The van der Waals surface area contributed by atoms with Gasteiger partial charge < -0.3 is 29.6 Å². The Balaban J connectivity index is 0.000000280. The van der Waals surface area contributed by atoms with Gasteiger partial charge in [-0.25, -0.2) is 0 Å². The zero-order valence-corrected chi connectivity index (χ0v) is 39.4. The standard InChI is InChI=1S/2C24H29N5O3.Mg/c2*1-4-5-10-21(30)29(22(16(2)3)24(31)32)15-17-11-13-18(14-12-17)19-8-6-7-9-20(19)23-25-27-28-26-23;/h2*6-9,11-14,16,22H,4-5,10,15H2,1-3H3,(H,31,32)(H,25,26,27,28);/q;;+2/p-2/t2*22-;/m00./s1. The van der Waals surface area contributed by atoms with E-state index < -0.39 is 24.0 Å². The number of nitrogens with zero attached hydrogens (tertiary/aromatic N) is 8. The van der Waals surface area contributed by atoms with Gasteiger partial charge in [0.05, 0.1) is 24.0 Å². The zero-order valence-electron chi connectivity index (χ0n) is 37.9. The fraction of sp³-hybridized carbons (Fsp3) is 0.375. The largest absolute Gasteiger partial charge is 2.00 e. The number of hydrogen-bond donors (Lipinski definition) is 2. The van der Waals surface area contributed by atoms with Crippen molar-refractivity contribution < 1.29 is 29.4 Å². The van der Waals surface area contributed by atoms with Crippen molar-refractivity contribution in [3.05, 3.63) is 108 Å². The number of H-pyrrole nitrogens is 2. The summed E-state index contributed by atoms with van der Waals surface area (Å²) in [6.45, 7) is 11.6. The van der Waals surface area contributed by atoms with E-state index in [1.54, 1.807) is 27.7 Å². The quantitative estimate of drug-likeness (QED) is 0.0934. The molecule has 0 bridgehead atoms. The van der Waals surface area contributed by atoms with Crippen LogP contribution in [0.4, 0.5) is 0 Å². The van der Waals surface area contributed by atoms with Crippen LogP contribution in [0.1, 0.15) is 91.2 Å². The van der Waals surface area contributed by atoms with Crippen LogP contribution in [0, 0.1) is 11.8 Å². The molecule has 6 rings (SSSR count). The Morgan fingerprint density at radius 2 is 0.877 bits per heavy atom. The number of unbranched alkanes of at least 4 members (excludes halogenated alkanes) is 2. The minimum atomic E-state index is -1.23. The molecule has 336 valence electrons. The van der Waals surface area contributed by atoms with E-state index in [1.165, 1.54) is 9.80 Å². The molecule has 65 heavy (non-hydrogen) atoms. The molecule has 2 N–H and O–H groups in total. The van der Waals surface area contributed by atoms with Gasteiger partial charge in [0.2, 0.25) is 23.5 Å². The third kappa shape index (κ3) is 13.8. The van der Waals surface area contributed by atoms with Crippen molar-refractivity contribution >= 4 is 46.8 Å². The van der Waals surface area contributed by atoms with Crippen LogP contribution in [0.15, 0.2) is 97.1 Å². The summed E-state index contributed by atoms with van der Waals surface area (Å²) in [5.74, 6) is -2.29. The molecule has 0 saturated carbocycles. The van der Waals surface area contributed by atoms with Crippen LogP contribution in [-0.2, 0) is 32.3 Å². The fourth-order valence-electron chi connectivity index (χ4n) is 7.53. The van der Waals surface area contributed by atoms with Crippen LogP contribution in [0.2, 0.25) is 0 Å². The monoisotopic (exact) mass is 892 g/mol. The molecule has 2 heterocycles. The number of hydrogen-bond acceptors (Lipinski definition) is 12. The number of carbonyl (C=O) groups excluding carboxylic acids is 4. The average molecular weight is 893 g/mol. The molecule has 0 fully saturated rings. The Labute approximate surface area is 395 Å². The molecule has 0 radical (unpaired) electrons. The van der Waals surface area contributed by atoms with Crippen LogP contribution >= 0.6 is 0 Å². The number of carboxylic acids is 2. The van der Waals surface area contributed by atoms with E-state index in [1.807, 2.05) is 111 Å². The minimum absolute atomic E-state index is 0. The minimum Gasteiger partial charge on any atom is -0.548 e. The molecular weight excluding hydrogens is 837 g/mol. The molecular formula is C48H56MgN10O6. The van der Waals surface area contributed by atoms with Crippen molar-refractivity contribution in [2.75, 3.05) is 0 Å². The Hall–Kier alpha value is -6.33. The van der Waals surface area contributed by atoms with Gasteiger partial charge in [-0.2, -0.15) is 10.4 Å². The first-order valence-electron chi connectivity index (χ1n) is 21.7. The molecule has 0 saturated heterocycles. The second kappa shape index (κ2) is 25.2. The first-order chi connectivity index (χ1) is 30.8. The summed E-state index contributed by atoms with van der Waals surface area (Å²) in [6.07, 6.45) is 3.82. The second-order valence-corrected chi connectivity index (χ2v) is 16.2. The summed E-state index contributed by atoms with van der Waals surface area (Å²) in [7, 11) is 0. The van der Waals surface area contributed by atoms with Crippen LogP contribution in [0.3, 0.4) is 0 Å². The van der Waals surface area contributed by atoms with Crippen LogP contribution < -0.4 is 10.2 Å². The van der Waals surface area contributed by atoms with Gasteiger partial charge in [-0.05, 0) is 68.5 Å². The normalized spacial score (nSPS) is 11.8. The molecule has 0 aliphatic rings. The summed E-state index contributed by atoms with van der Waals surface area (Å²) in [4.78, 5) is 52.2. The molecule has 6 aromatic rings. The number of aromatic amines is 2. The second-order valence-electron chi connectivity index (χ2n) is 16.2. The number of tetrazole rings is 2. The van der Waals surface area contributed by atoms with Gasteiger partial charge in [-0.3, -0.25) is 9.59 Å². The summed E-state index contributed by atoms with van der Waals surface area (Å²) in [5.41, 5.74) is 7.21. The van der Waals surface area contributed by atoms with Crippen LogP contribution in [-0.4, -0.2) is 110 Å². The first kappa shape index (κ1) is 51.3. The van der Waals surface area contributed by atoms with E-state index in [0.29, 0.717) is 24.5 Å². The number of rotatable bonds is 20. The summed E-state index contributed by atoms with van der Waals surface area (Å²) in [6, 6.07) is 29.0. The molecule has 16 nitrogen and oxygen atoms in total. The van der Waals surface area contributed by atoms with Crippen molar-refractivity contribution in [1.29, 1.82) is 0 Å². The van der Waals surface area contributed by atoms with E-state index in [4.69, 9.17) is 0 Å². The van der Waals surface area contributed by atoms with Crippen molar-refractivity contribution in [2.45, 2.75) is 105 Å². The Kier molecular flexibility index (Phi) is 19.9. The maximum absolute atomic E-state index is 12.8. The van der Waals surface area contributed by atoms with Gasteiger partial charge in [0, 0.05) is 37.1 Å². The van der Waals surface area contributed by atoms with E-state index in [0.717, 1.165) is 70.2 Å². The maximum Gasteiger partial charge on any atom is 2.00 e. The Morgan fingerprint density at radius 1 is 0.538 bits per heavy atom. The molecule has 4 aromatic carbocycles. The number of nitrogens with one attached hydrogen (secondary N) is 2. The van der Waals surface area contributed by atoms with Gasteiger partial charge in [0.1, 0.15) is 0 Å². The zero-order chi connectivity index (χ0) is 46.2. The molecule has 2 amide bonds. The molecule has 0 aliphatic heterocycles. The number of benzene rings is 4. The SMILES string of the molecule is CCCCC(=O)N(Cc1ccc(-c2ccccc2-c2nn[nH]n2)cc1)[C@H](C(=O)[O-])C(C)C.CCCCC(=O)N(Cc1ccc(-c2ccccc2-c2nn[nH]n2)cc1)[C@H](C(=O)[O-])C(C)C.[Mg+2]. The topological polar surface area (TPSA) is 230 Å². The summed E-state index contributed by atoms with van der Waals surface area (Å²) in [5, 5.41) is 52.1. The molecule has 2 aromatic heterocycles. The Bertz CT molecular complexity index is 2240. The third-order valence-corrected chi connectivity index (χ3v) is 10.8. The average Bonchev–Trinajstić information content (AvgIpc) is 4.04. The maximum atomic E-state index is 12.8. The van der Waals surface area contributed by atoms with Crippen LogP contribution in [0.25, 0.3) is 45.0 Å². The smallest absolute Gasteiger partial charge is 0.548 e. The fourth-order valence-corrected chi connectivity index (χ4v) is 7.53. The molecule has 0 spiro atoms. The van der Waals surface area contributed by atoms with Crippen molar-refractivity contribution in [3.8, 4) is 45.0 Å². The number of carbonyl (C=O) groups is 4. The Morgan fingerprint density at radius 3 is 1.15 bits per heavy atom. The van der Waals surface area contributed by atoms with Gasteiger partial charge in [0.25, 0.3) is 0 Å². The van der Waals surface area contributed by atoms with Crippen molar-refractivity contribution in [1.82, 2.24) is 51.0 Å². The van der Waals surface area contributed by atoms with Gasteiger partial charge in [-0.1, -0.05) is 151 Å². The predicted octanol–water partition coefficient (Wildman–Crippen LogP) is 5.27. The number of carboxylic acid groups (broad SMARTS) is 2. The molecule has 0 aliphatic carbocycles. The third-order valence-electron chi connectivity index (χ3n) is 10.8. The molecule has 0 unspecified atom stereocenters. The van der Waals surface area contributed by atoms with Gasteiger partial charge in [-0.15, -0.1) is 20.4 Å². The predicted molar refractivity (Wildman–Crippen MR) is 243 cm³/mol. The number of aliphatic carboxylic acids is 2. The first-order valence-corrected chi connectivity index (χ1v) is 21.7. The molecule has 2 atom stereocenters. The van der Waals surface area contributed by atoms with Crippen LogP contribution in [0.5, 0.6) is 0 Å². The van der Waals surface area contributed by atoms with E-state index in [2.05, 4.69) is 41.2 Å². The van der Waals surface area contributed by atoms with Gasteiger partial charge >= 0.3 is 23.1 Å². The van der Waals surface area contributed by atoms with Gasteiger partial charge in [0.15, 0.2) is 0 Å². The van der Waals surface area contributed by atoms with E-state index in [9.17, 15) is 29.4 Å². The van der Waals surface area contributed by atoms with E-state index in [-0.39, 0.29) is 59.8 Å². The number of amides is 2. The van der Waals surface area contributed by atoms with Crippen molar-refractivity contribution in [2.24, 2.45) is 11.8 Å². The van der Waals surface area contributed by atoms with E-state index >= 15 is 0 Å². The summed E-state index contributed by atoms with van der Waals surface area (Å²) >= 11 is 0. The van der Waals surface area contributed by atoms with Crippen molar-refractivity contribution in [3.63, 3.8) is 0 Å². The number of aromatic nitrogens is 8. The summed E-state index contributed by atoms with van der Waals surface area (Å²) < 4.78 is 0.